The van der Waals surface area contributed by atoms with E-state index in [-0.39, 0.29) is 17.5 Å². The average molecular weight is 235 g/mol. The molecular formula is C12H17N3O2. The molecule has 1 fully saturated rings. The Hall–Kier alpha value is -1.62. The Kier molecular flexibility index (Phi) is 3.93. The number of pyridine rings is 1. The molecular weight excluding hydrogens is 218 g/mol. The van der Waals surface area contributed by atoms with Gasteiger partial charge in [0.15, 0.2) is 11.6 Å². The molecule has 17 heavy (non-hydrogen) atoms. The molecule has 1 amide bonds. The van der Waals surface area contributed by atoms with E-state index in [1.807, 2.05) is 0 Å². The highest BCUT2D eigenvalue weighted by atomic mass is 16.3. The van der Waals surface area contributed by atoms with Crippen molar-refractivity contribution in [3.05, 3.63) is 18.3 Å². The van der Waals surface area contributed by atoms with Crippen molar-refractivity contribution in [1.82, 2.24) is 10.3 Å². The molecule has 0 radical (unpaired) electrons. The lowest BCUT2D eigenvalue weighted by atomic mass is 9.94. The van der Waals surface area contributed by atoms with Gasteiger partial charge in [0.25, 0.3) is 0 Å². The van der Waals surface area contributed by atoms with Crippen LogP contribution in [-0.4, -0.2) is 29.1 Å². The number of hydrogen-bond donors (Lipinski definition) is 3. The minimum atomic E-state index is -0.0779. The van der Waals surface area contributed by atoms with Gasteiger partial charge in [-0.1, -0.05) is 0 Å². The predicted molar refractivity (Wildman–Crippen MR) is 64.7 cm³/mol. The summed E-state index contributed by atoms with van der Waals surface area (Å²) in [6.07, 6.45) is 4.10. The first-order chi connectivity index (χ1) is 8.25. The normalized spacial score (nSPS) is 16.7. The summed E-state index contributed by atoms with van der Waals surface area (Å²) < 4.78 is 0. The number of carbonyl (C=O) groups excluding carboxylic acids is 1. The molecule has 5 heteroatoms. The molecule has 1 aromatic rings. The van der Waals surface area contributed by atoms with Crippen LogP contribution in [0.5, 0.6) is 5.75 Å². The van der Waals surface area contributed by atoms with Crippen LogP contribution in [0, 0.1) is 5.92 Å². The van der Waals surface area contributed by atoms with E-state index in [4.69, 9.17) is 0 Å². The number of nitrogens with zero attached hydrogens (tertiary/aromatic N) is 1. The fourth-order valence-corrected chi connectivity index (χ4v) is 2.02. The fourth-order valence-electron chi connectivity index (χ4n) is 2.02. The van der Waals surface area contributed by atoms with Crippen LogP contribution in [0.25, 0.3) is 0 Å². The number of anilines is 1. The number of nitrogens with one attached hydrogen (secondary N) is 2. The van der Waals surface area contributed by atoms with Crippen molar-refractivity contribution in [2.75, 3.05) is 18.4 Å². The van der Waals surface area contributed by atoms with Crippen molar-refractivity contribution in [2.24, 2.45) is 5.92 Å². The first-order valence-corrected chi connectivity index (χ1v) is 5.90. The summed E-state index contributed by atoms with van der Waals surface area (Å²) in [6.45, 7) is 1.96. The van der Waals surface area contributed by atoms with E-state index < -0.39 is 0 Å². The molecule has 1 aromatic heterocycles. The van der Waals surface area contributed by atoms with Gasteiger partial charge in [0.2, 0.25) is 5.91 Å². The number of hydrogen-bond acceptors (Lipinski definition) is 4. The highest BCUT2D eigenvalue weighted by Gasteiger charge is 2.17. The molecule has 2 heterocycles. The van der Waals surface area contributed by atoms with Crippen molar-refractivity contribution in [3.63, 3.8) is 0 Å². The summed E-state index contributed by atoms with van der Waals surface area (Å²) in [5.74, 6) is 0.602. The SMILES string of the molecule is O=C(CC1CCNCC1)Nc1ncccc1O. The van der Waals surface area contributed by atoms with Gasteiger partial charge < -0.3 is 15.7 Å². The minimum absolute atomic E-state index is 0.00570. The van der Waals surface area contributed by atoms with E-state index in [1.165, 1.54) is 6.07 Å². The molecule has 92 valence electrons. The summed E-state index contributed by atoms with van der Waals surface area (Å²) in [7, 11) is 0. The maximum absolute atomic E-state index is 11.8. The molecule has 0 aromatic carbocycles. The second kappa shape index (κ2) is 5.63. The van der Waals surface area contributed by atoms with Crippen molar-refractivity contribution in [1.29, 1.82) is 0 Å². The Balaban J connectivity index is 1.86. The van der Waals surface area contributed by atoms with Crippen molar-refractivity contribution in [3.8, 4) is 5.75 Å². The van der Waals surface area contributed by atoms with Crippen LogP contribution < -0.4 is 10.6 Å². The molecule has 0 aliphatic carbocycles. The summed E-state index contributed by atoms with van der Waals surface area (Å²) in [4.78, 5) is 15.7. The van der Waals surface area contributed by atoms with Gasteiger partial charge in [0.1, 0.15) is 0 Å². The Labute approximate surface area is 100 Å². The molecule has 2 rings (SSSR count). The lowest BCUT2D eigenvalue weighted by molar-refractivity contribution is -0.117. The zero-order valence-electron chi connectivity index (χ0n) is 9.65. The Bertz CT molecular complexity index is 389. The second-order valence-corrected chi connectivity index (χ2v) is 4.32. The van der Waals surface area contributed by atoms with Crippen LogP contribution in [0.2, 0.25) is 0 Å². The third kappa shape index (κ3) is 3.42. The lowest BCUT2D eigenvalue weighted by Gasteiger charge is -2.21. The monoisotopic (exact) mass is 235 g/mol. The van der Waals surface area contributed by atoms with Crippen LogP contribution in [0.3, 0.4) is 0 Å². The molecule has 0 unspecified atom stereocenters. The van der Waals surface area contributed by atoms with E-state index in [9.17, 15) is 9.90 Å². The number of carbonyl (C=O) groups is 1. The summed E-state index contributed by atoms with van der Waals surface area (Å²) in [5.41, 5.74) is 0. The average Bonchev–Trinajstić information content (AvgIpc) is 2.33. The van der Waals surface area contributed by atoms with E-state index in [1.54, 1.807) is 12.3 Å². The summed E-state index contributed by atoms with van der Waals surface area (Å²) in [5, 5.41) is 15.4. The van der Waals surface area contributed by atoms with E-state index in [0.717, 1.165) is 25.9 Å². The number of amides is 1. The molecule has 0 atom stereocenters. The van der Waals surface area contributed by atoms with E-state index in [0.29, 0.717) is 12.3 Å². The molecule has 0 saturated carbocycles. The zero-order chi connectivity index (χ0) is 12.1. The Morgan fingerprint density at radius 2 is 2.29 bits per heavy atom. The third-order valence-electron chi connectivity index (χ3n) is 2.98. The lowest BCUT2D eigenvalue weighted by Crippen LogP contribution is -2.30. The Morgan fingerprint density at radius 1 is 1.53 bits per heavy atom. The maximum Gasteiger partial charge on any atom is 0.225 e. The van der Waals surface area contributed by atoms with Gasteiger partial charge in [-0.15, -0.1) is 0 Å². The largest absolute Gasteiger partial charge is 0.504 e. The zero-order valence-corrected chi connectivity index (χ0v) is 9.65. The van der Waals surface area contributed by atoms with Crippen LogP contribution in [0.15, 0.2) is 18.3 Å². The second-order valence-electron chi connectivity index (χ2n) is 4.32. The van der Waals surface area contributed by atoms with Crippen molar-refractivity contribution >= 4 is 11.7 Å². The molecule has 1 aliphatic rings. The third-order valence-corrected chi connectivity index (χ3v) is 2.98. The Morgan fingerprint density at radius 3 is 3.00 bits per heavy atom. The smallest absolute Gasteiger partial charge is 0.225 e. The first-order valence-electron chi connectivity index (χ1n) is 5.90. The van der Waals surface area contributed by atoms with E-state index >= 15 is 0 Å². The van der Waals surface area contributed by atoms with Crippen LogP contribution >= 0.6 is 0 Å². The summed E-state index contributed by atoms with van der Waals surface area (Å²) in [6, 6.07) is 3.13. The quantitative estimate of drug-likeness (QED) is 0.734. The standard InChI is InChI=1S/C12H17N3O2/c16-10-2-1-5-14-12(10)15-11(17)8-9-3-6-13-7-4-9/h1-2,5,9,13,16H,3-4,6-8H2,(H,14,15,17). The van der Waals surface area contributed by atoms with Crippen molar-refractivity contribution in [2.45, 2.75) is 19.3 Å². The number of rotatable bonds is 3. The van der Waals surface area contributed by atoms with Crippen LogP contribution in [0.1, 0.15) is 19.3 Å². The summed E-state index contributed by atoms with van der Waals surface area (Å²) >= 11 is 0. The van der Waals surface area contributed by atoms with Crippen molar-refractivity contribution < 1.29 is 9.90 Å². The van der Waals surface area contributed by atoms with Crippen LogP contribution in [-0.2, 0) is 4.79 Å². The van der Waals surface area contributed by atoms with Gasteiger partial charge in [-0.2, -0.15) is 0 Å². The van der Waals surface area contributed by atoms with Crippen LogP contribution in [0.4, 0.5) is 5.82 Å². The molecule has 5 nitrogen and oxygen atoms in total. The first kappa shape index (κ1) is 11.9. The predicted octanol–water partition coefficient (Wildman–Crippen LogP) is 1.12. The van der Waals surface area contributed by atoms with Gasteiger partial charge in [-0.3, -0.25) is 4.79 Å². The number of piperidine rings is 1. The highest BCUT2D eigenvalue weighted by molar-refractivity contribution is 5.91. The van der Waals surface area contributed by atoms with Gasteiger partial charge in [0, 0.05) is 12.6 Å². The van der Waals surface area contributed by atoms with E-state index in [2.05, 4.69) is 15.6 Å². The van der Waals surface area contributed by atoms with Gasteiger partial charge in [0.05, 0.1) is 0 Å². The molecule has 1 saturated heterocycles. The number of aromatic nitrogens is 1. The number of aromatic hydroxyl groups is 1. The van der Waals surface area contributed by atoms with Gasteiger partial charge >= 0.3 is 0 Å². The molecule has 1 aliphatic heterocycles. The molecule has 3 N–H and O–H groups in total. The fraction of sp³-hybridized carbons (Fsp3) is 0.500. The van der Waals surface area contributed by atoms with Gasteiger partial charge in [-0.05, 0) is 44.0 Å². The van der Waals surface area contributed by atoms with Gasteiger partial charge in [-0.25, -0.2) is 4.98 Å². The molecule has 0 spiro atoms. The minimum Gasteiger partial charge on any atom is -0.504 e. The maximum atomic E-state index is 11.8. The molecule has 0 bridgehead atoms. The highest BCUT2D eigenvalue weighted by Crippen LogP contribution is 2.20. The topological polar surface area (TPSA) is 74.2 Å².